The van der Waals surface area contributed by atoms with Crippen LogP contribution in [-0.4, -0.2) is 69.2 Å². The molecule has 2 atom stereocenters. The molecule has 33 heavy (non-hydrogen) atoms. The van der Waals surface area contributed by atoms with E-state index in [2.05, 4.69) is 27.4 Å². The molecule has 3 heterocycles. The first-order valence-electron chi connectivity index (χ1n) is 9.78. The summed E-state index contributed by atoms with van der Waals surface area (Å²) in [6.45, 7) is 8.30. The summed E-state index contributed by atoms with van der Waals surface area (Å²) in [5, 5.41) is 10.3. The van der Waals surface area contributed by atoms with Crippen LogP contribution in [0.25, 0.3) is 0 Å². The van der Waals surface area contributed by atoms with E-state index < -0.39 is 30.1 Å². The molecule has 0 bridgehead atoms. The van der Waals surface area contributed by atoms with Crippen LogP contribution in [0, 0.1) is 0 Å². The van der Waals surface area contributed by atoms with Gasteiger partial charge in [0.15, 0.2) is 10.8 Å². The number of anilines is 1. The molecule has 1 aromatic heterocycles. The molecule has 2 N–H and O–H groups in total. The summed E-state index contributed by atoms with van der Waals surface area (Å²) < 4.78 is 5.14. The number of nitrogens with zero attached hydrogens (tertiary/aromatic N) is 3. The van der Waals surface area contributed by atoms with Crippen LogP contribution in [0.15, 0.2) is 35.0 Å². The minimum Gasteiger partial charge on any atom is -0.457 e. The van der Waals surface area contributed by atoms with Gasteiger partial charge in [-0.1, -0.05) is 17.8 Å². The first-order chi connectivity index (χ1) is 15.6. The zero-order valence-corrected chi connectivity index (χ0v) is 19.8. The summed E-state index contributed by atoms with van der Waals surface area (Å²) in [5.74, 6) is -0.979. The van der Waals surface area contributed by atoms with Gasteiger partial charge in [-0.25, -0.2) is 9.78 Å². The molecule has 0 saturated carbocycles. The summed E-state index contributed by atoms with van der Waals surface area (Å²) in [7, 11) is 0. The van der Waals surface area contributed by atoms with Crippen molar-refractivity contribution in [2.75, 3.05) is 17.7 Å². The van der Waals surface area contributed by atoms with Crippen molar-refractivity contribution in [2.45, 2.75) is 37.8 Å². The lowest BCUT2D eigenvalue weighted by atomic mass is 10.1. The predicted molar refractivity (Wildman–Crippen MR) is 123 cm³/mol. The molecule has 176 valence electrons. The number of thiazole rings is 1. The van der Waals surface area contributed by atoms with E-state index >= 15 is 0 Å². The van der Waals surface area contributed by atoms with Gasteiger partial charge in [0.1, 0.15) is 22.7 Å². The second-order valence-corrected chi connectivity index (χ2v) is 9.87. The average molecular weight is 494 g/mol. The molecule has 1 saturated heterocycles. The fraction of sp³-hybridized carbons (Fsp3) is 0.400. The summed E-state index contributed by atoms with van der Waals surface area (Å²) in [4.78, 5) is 58.7. The Morgan fingerprint density at radius 1 is 1.42 bits per heavy atom. The number of carbonyl (C=O) groups is 4. The highest BCUT2D eigenvalue weighted by Gasteiger charge is 2.49. The normalized spacial score (nSPS) is 20.1. The fourth-order valence-electron chi connectivity index (χ4n) is 2.88. The molecular weight excluding hydrogens is 470 g/mol. The van der Waals surface area contributed by atoms with E-state index in [0.29, 0.717) is 12.2 Å². The highest BCUT2D eigenvalue weighted by Crippen LogP contribution is 2.36. The number of hydrogen-bond donors (Lipinski definition) is 2. The number of thioether (sulfide) groups is 1. The standard InChI is InChI=1S/C20H23N5O6S2/c1-5-11-6-25-17(29)15(18(25)32-8-11)23-16(28)14(12-9-33-19(22-12)21-10-26)24-30-7-13(27)31-20(2,3)4/h5-6,9-10,15,18H,1,7-8H2,2-4H3,(H,23,28)(H,21,22,26)/t15?,18-/m1/s1. The third kappa shape index (κ3) is 5.99. The average Bonchev–Trinajstić information content (AvgIpc) is 3.21. The van der Waals surface area contributed by atoms with Crippen molar-refractivity contribution in [3.05, 3.63) is 35.5 Å². The van der Waals surface area contributed by atoms with Crippen molar-refractivity contribution in [3.8, 4) is 0 Å². The summed E-state index contributed by atoms with van der Waals surface area (Å²) in [6, 6.07) is -0.757. The Bertz CT molecular complexity index is 1030. The molecule has 1 unspecified atom stereocenters. The molecule has 11 nitrogen and oxygen atoms in total. The monoisotopic (exact) mass is 493 g/mol. The van der Waals surface area contributed by atoms with Gasteiger partial charge in [0, 0.05) is 17.3 Å². The summed E-state index contributed by atoms with van der Waals surface area (Å²) in [5.41, 5.74) is 0.0793. The van der Waals surface area contributed by atoms with E-state index in [1.165, 1.54) is 17.1 Å². The third-order valence-corrected chi connectivity index (χ3v) is 6.37. The molecule has 0 radical (unpaired) electrons. The van der Waals surface area contributed by atoms with Crippen molar-refractivity contribution in [1.82, 2.24) is 15.2 Å². The zero-order chi connectivity index (χ0) is 24.2. The number of fused-ring (bicyclic) bond motifs is 1. The molecule has 3 amide bonds. The molecule has 1 aromatic rings. The highest BCUT2D eigenvalue weighted by molar-refractivity contribution is 8.00. The van der Waals surface area contributed by atoms with Crippen LogP contribution < -0.4 is 10.6 Å². The van der Waals surface area contributed by atoms with Crippen LogP contribution in [0.1, 0.15) is 26.5 Å². The Morgan fingerprint density at radius 3 is 2.85 bits per heavy atom. The van der Waals surface area contributed by atoms with Crippen LogP contribution in [0.5, 0.6) is 0 Å². The summed E-state index contributed by atoms with van der Waals surface area (Å²) >= 11 is 2.57. The van der Waals surface area contributed by atoms with E-state index in [1.807, 2.05) is 0 Å². The number of esters is 1. The van der Waals surface area contributed by atoms with Crippen LogP contribution in [0.3, 0.4) is 0 Å². The van der Waals surface area contributed by atoms with Crippen molar-refractivity contribution in [2.24, 2.45) is 5.16 Å². The van der Waals surface area contributed by atoms with Crippen molar-refractivity contribution in [3.63, 3.8) is 0 Å². The number of nitrogens with one attached hydrogen (secondary N) is 2. The maximum absolute atomic E-state index is 13.0. The Labute approximate surface area is 198 Å². The SMILES string of the molecule is C=CC1=CN2C(=O)C(NC(=O)C(=NOCC(=O)OC(C)(C)C)c3csc(NC=O)n3)[C@H]2SC1. The first-order valence-corrected chi connectivity index (χ1v) is 11.7. The number of β-lactam (4-membered cyclic amide) rings is 1. The first kappa shape index (κ1) is 24.5. The molecule has 1 fully saturated rings. The molecule has 0 aromatic carbocycles. The lowest BCUT2D eigenvalue weighted by Gasteiger charge is -2.47. The smallest absolute Gasteiger partial charge is 0.347 e. The summed E-state index contributed by atoms with van der Waals surface area (Å²) in [6.07, 6.45) is 3.85. The quantitative estimate of drug-likeness (QED) is 0.172. The topological polar surface area (TPSA) is 139 Å². The Kier molecular flexibility index (Phi) is 7.53. The number of carbonyl (C=O) groups excluding carboxylic acids is 4. The highest BCUT2D eigenvalue weighted by atomic mass is 32.2. The van der Waals surface area contributed by atoms with Gasteiger partial charge < -0.3 is 25.1 Å². The number of rotatable bonds is 9. The lowest BCUT2D eigenvalue weighted by molar-refractivity contribution is -0.160. The van der Waals surface area contributed by atoms with Gasteiger partial charge >= 0.3 is 5.97 Å². The van der Waals surface area contributed by atoms with Gasteiger partial charge in [-0.2, -0.15) is 0 Å². The predicted octanol–water partition coefficient (Wildman–Crippen LogP) is 1.24. The van der Waals surface area contributed by atoms with E-state index in [-0.39, 0.29) is 27.8 Å². The van der Waals surface area contributed by atoms with Gasteiger partial charge in [-0.05, 0) is 26.3 Å². The molecule has 0 aliphatic carbocycles. The Balaban J connectivity index is 1.73. The minimum atomic E-state index is -0.757. The second-order valence-electron chi connectivity index (χ2n) is 7.91. The fourth-order valence-corrected chi connectivity index (χ4v) is 4.79. The number of aromatic nitrogens is 1. The van der Waals surface area contributed by atoms with Crippen LogP contribution in [-0.2, 0) is 28.8 Å². The third-order valence-electron chi connectivity index (χ3n) is 4.26. The van der Waals surface area contributed by atoms with Gasteiger partial charge in [0.2, 0.25) is 13.0 Å². The van der Waals surface area contributed by atoms with E-state index in [1.54, 1.807) is 37.9 Å². The number of allylic oxidation sites excluding steroid dienone is 1. The van der Waals surface area contributed by atoms with Crippen LogP contribution in [0.4, 0.5) is 5.13 Å². The van der Waals surface area contributed by atoms with Gasteiger partial charge in [0.25, 0.3) is 11.8 Å². The molecule has 13 heteroatoms. The van der Waals surface area contributed by atoms with E-state index in [4.69, 9.17) is 9.57 Å². The Morgan fingerprint density at radius 2 is 2.18 bits per heavy atom. The molecule has 2 aliphatic heterocycles. The Hall–Kier alpha value is -3.19. The largest absolute Gasteiger partial charge is 0.457 e. The molecule has 0 spiro atoms. The number of ether oxygens (including phenoxy) is 1. The lowest BCUT2D eigenvalue weighted by Crippen LogP contribution is -2.69. The van der Waals surface area contributed by atoms with Gasteiger partial charge in [-0.3, -0.25) is 14.4 Å². The maximum Gasteiger partial charge on any atom is 0.347 e. The zero-order valence-electron chi connectivity index (χ0n) is 18.2. The van der Waals surface area contributed by atoms with Gasteiger partial charge in [-0.15, -0.1) is 23.1 Å². The van der Waals surface area contributed by atoms with E-state index in [9.17, 15) is 19.2 Å². The number of oxime groups is 1. The van der Waals surface area contributed by atoms with Gasteiger partial charge in [0.05, 0.1) is 0 Å². The van der Waals surface area contributed by atoms with Crippen LogP contribution in [0.2, 0.25) is 0 Å². The molecule has 3 rings (SSSR count). The molecular formula is C20H23N5O6S2. The number of amides is 3. The maximum atomic E-state index is 13.0. The number of hydrogen-bond acceptors (Lipinski definition) is 10. The van der Waals surface area contributed by atoms with Crippen molar-refractivity contribution < 1.29 is 28.8 Å². The van der Waals surface area contributed by atoms with E-state index in [0.717, 1.165) is 16.9 Å². The second kappa shape index (κ2) is 10.2. The van der Waals surface area contributed by atoms with Crippen molar-refractivity contribution >= 4 is 58.1 Å². The molecule has 2 aliphatic rings. The minimum absolute atomic E-state index is 0.111. The van der Waals surface area contributed by atoms with Crippen LogP contribution >= 0.6 is 23.1 Å². The van der Waals surface area contributed by atoms with Crippen molar-refractivity contribution in [1.29, 1.82) is 0 Å².